The molecule has 2 aromatic rings. The van der Waals surface area contributed by atoms with Gasteiger partial charge in [-0.3, -0.25) is 4.98 Å². The van der Waals surface area contributed by atoms with Crippen LogP contribution < -0.4 is 5.32 Å². The van der Waals surface area contributed by atoms with Gasteiger partial charge in [-0.15, -0.1) is 0 Å². The summed E-state index contributed by atoms with van der Waals surface area (Å²) in [6, 6.07) is 2.04. The van der Waals surface area contributed by atoms with Crippen LogP contribution in [0.1, 0.15) is 44.2 Å². The van der Waals surface area contributed by atoms with Crippen molar-refractivity contribution in [2.75, 3.05) is 6.54 Å². The molecule has 0 aliphatic carbocycles. The van der Waals surface area contributed by atoms with Crippen molar-refractivity contribution in [3.05, 3.63) is 29.9 Å². The summed E-state index contributed by atoms with van der Waals surface area (Å²) in [4.78, 5) is 8.68. The van der Waals surface area contributed by atoms with Crippen molar-refractivity contribution in [3.63, 3.8) is 0 Å². The lowest BCUT2D eigenvalue weighted by Crippen LogP contribution is -2.39. The molecule has 2 aromatic heterocycles. The predicted octanol–water partition coefficient (Wildman–Crippen LogP) is 2.89. The normalized spacial score (nSPS) is 21.9. The van der Waals surface area contributed by atoms with Gasteiger partial charge in [0.25, 0.3) is 0 Å². The van der Waals surface area contributed by atoms with Crippen LogP contribution in [0.2, 0.25) is 0 Å². The fourth-order valence-corrected chi connectivity index (χ4v) is 2.82. The summed E-state index contributed by atoms with van der Waals surface area (Å²) >= 11 is 0. The second-order valence-electron chi connectivity index (χ2n) is 6.13. The largest absolute Gasteiger partial charge is 0.337 e. The highest BCUT2D eigenvalue weighted by Crippen LogP contribution is 2.39. The molecule has 1 aliphatic heterocycles. The van der Waals surface area contributed by atoms with Gasteiger partial charge in [0.15, 0.2) is 0 Å². The van der Waals surface area contributed by atoms with Gasteiger partial charge in [0, 0.05) is 18.0 Å². The third-order valence-electron chi connectivity index (χ3n) is 4.08. The van der Waals surface area contributed by atoms with Crippen LogP contribution in [0.4, 0.5) is 0 Å². The lowest BCUT2D eigenvalue weighted by Gasteiger charge is -2.36. The smallest absolute Gasteiger partial charge is 0.244 e. The maximum atomic E-state index is 5.51. The average molecular weight is 272 g/mol. The molecule has 1 fully saturated rings. The first kappa shape index (κ1) is 13.2. The van der Waals surface area contributed by atoms with E-state index in [1.54, 1.807) is 6.20 Å². The van der Waals surface area contributed by atoms with Crippen LogP contribution in [0.5, 0.6) is 0 Å². The van der Waals surface area contributed by atoms with E-state index in [-0.39, 0.29) is 11.5 Å². The molecule has 20 heavy (non-hydrogen) atoms. The van der Waals surface area contributed by atoms with Gasteiger partial charge in [0.05, 0.1) is 6.04 Å². The van der Waals surface area contributed by atoms with Crippen molar-refractivity contribution in [2.24, 2.45) is 5.41 Å². The molecule has 0 radical (unpaired) electrons. The number of hydrogen-bond donors (Lipinski definition) is 1. The Morgan fingerprint density at radius 3 is 3.00 bits per heavy atom. The molecule has 106 valence electrons. The van der Waals surface area contributed by atoms with E-state index in [1.807, 2.05) is 19.2 Å². The van der Waals surface area contributed by atoms with E-state index in [0.717, 1.165) is 24.1 Å². The average Bonchev–Trinajstić information content (AvgIpc) is 2.88. The first-order valence-electron chi connectivity index (χ1n) is 7.06. The molecule has 0 aromatic carbocycles. The zero-order valence-electron chi connectivity index (χ0n) is 12.2. The van der Waals surface area contributed by atoms with Crippen molar-refractivity contribution in [1.82, 2.24) is 20.4 Å². The van der Waals surface area contributed by atoms with Crippen LogP contribution in [0.3, 0.4) is 0 Å². The van der Waals surface area contributed by atoms with Crippen molar-refractivity contribution in [3.8, 4) is 11.4 Å². The summed E-state index contributed by atoms with van der Waals surface area (Å²) < 4.78 is 5.51. The number of piperidine rings is 1. The molecule has 0 amide bonds. The van der Waals surface area contributed by atoms with Gasteiger partial charge < -0.3 is 9.84 Å². The molecule has 0 saturated carbocycles. The second kappa shape index (κ2) is 4.98. The molecular formula is C15H20N4O. The Bertz CT molecular complexity index is 605. The zero-order chi connectivity index (χ0) is 14.2. The number of aryl methyl sites for hydroxylation is 1. The highest BCUT2D eigenvalue weighted by atomic mass is 16.5. The first-order chi connectivity index (χ1) is 9.58. The van der Waals surface area contributed by atoms with Gasteiger partial charge in [-0.1, -0.05) is 19.0 Å². The van der Waals surface area contributed by atoms with Crippen molar-refractivity contribution in [1.29, 1.82) is 0 Å². The quantitative estimate of drug-likeness (QED) is 0.910. The Labute approximate surface area is 118 Å². The molecule has 1 aliphatic rings. The molecule has 5 heteroatoms. The highest BCUT2D eigenvalue weighted by Gasteiger charge is 2.37. The van der Waals surface area contributed by atoms with E-state index in [9.17, 15) is 0 Å². The van der Waals surface area contributed by atoms with Gasteiger partial charge in [0.2, 0.25) is 11.7 Å². The summed E-state index contributed by atoms with van der Waals surface area (Å²) in [6.45, 7) is 7.48. The molecule has 1 saturated heterocycles. The topological polar surface area (TPSA) is 63.8 Å². The summed E-state index contributed by atoms with van der Waals surface area (Å²) in [7, 11) is 0. The number of hydrogen-bond acceptors (Lipinski definition) is 5. The summed E-state index contributed by atoms with van der Waals surface area (Å²) in [5.41, 5.74) is 2.16. The van der Waals surface area contributed by atoms with E-state index in [0.29, 0.717) is 11.7 Å². The van der Waals surface area contributed by atoms with Crippen molar-refractivity contribution >= 4 is 0 Å². The molecule has 0 bridgehead atoms. The lowest BCUT2D eigenvalue weighted by atomic mass is 9.77. The Morgan fingerprint density at radius 1 is 1.40 bits per heavy atom. The van der Waals surface area contributed by atoms with Crippen LogP contribution >= 0.6 is 0 Å². The number of rotatable bonds is 2. The molecule has 3 heterocycles. The van der Waals surface area contributed by atoms with Gasteiger partial charge in [-0.25, -0.2) is 0 Å². The molecule has 1 unspecified atom stereocenters. The fourth-order valence-electron chi connectivity index (χ4n) is 2.82. The fraction of sp³-hybridized carbons (Fsp3) is 0.533. The number of nitrogens with one attached hydrogen (secondary N) is 1. The molecule has 5 nitrogen and oxygen atoms in total. The Morgan fingerprint density at radius 2 is 2.25 bits per heavy atom. The Kier molecular flexibility index (Phi) is 3.30. The Balaban J connectivity index is 1.92. The number of nitrogens with zero attached hydrogens (tertiary/aromatic N) is 3. The minimum atomic E-state index is 0.125. The van der Waals surface area contributed by atoms with Crippen LogP contribution in [-0.2, 0) is 0 Å². The molecular weight excluding hydrogens is 252 g/mol. The van der Waals surface area contributed by atoms with E-state index < -0.39 is 0 Å². The summed E-state index contributed by atoms with van der Waals surface area (Å²) in [5.74, 6) is 1.32. The highest BCUT2D eigenvalue weighted by molar-refractivity contribution is 5.58. The third kappa shape index (κ3) is 2.33. The minimum Gasteiger partial charge on any atom is -0.337 e. The molecule has 3 rings (SSSR count). The second-order valence-corrected chi connectivity index (χ2v) is 6.13. The van der Waals surface area contributed by atoms with Gasteiger partial charge in [-0.2, -0.15) is 4.98 Å². The minimum absolute atomic E-state index is 0.125. The Hall–Kier alpha value is -1.75. The molecule has 0 spiro atoms. The first-order valence-corrected chi connectivity index (χ1v) is 7.06. The predicted molar refractivity (Wildman–Crippen MR) is 76.0 cm³/mol. The maximum absolute atomic E-state index is 5.51. The monoisotopic (exact) mass is 272 g/mol. The SMILES string of the molecule is Cc1cnccc1-c1noc(C2NCCCC2(C)C)n1. The van der Waals surface area contributed by atoms with Crippen LogP contribution in [0.15, 0.2) is 23.0 Å². The number of aromatic nitrogens is 3. The van der Waals surface area contributed by atoms with E-state index in [2.05, 4.69) is 34.3 Å². The van der Waals surface area contributed by atoms with Crippen LogP contribution in [0.25, 0.3) is 11.4 Å². The van der Waals surface area contributed by atoms with Gasteiger partial charge >= 0.3 is 0 Å². The van der Waals surface area contributed by atoms with E-state index in [1.165, 1.54) is 6.42 Å². The zero-order valence-corrected chi connectivity index (χ0v) is 12.2. The third-order valence-corrected chi connectivity index (χ3v) is 4.08. The summed E-state index contributed by atoms with van der Waals surface area (Å²) in [5, 5.41) is 7.63. The van der Waals surface area contributed by atoms with Gasteiger partial charge in [-0.05, 0) is 43.4 Å². The van der Waals surface area contributed by atoms with E-state index >= 15 is 0 Å². The standard InChI is InChI=1S/C15H20N4O/c1-10-9-16-8-5-11(10)13-18-14(20-19-13)12-15(2,3)6-4-7-17-12/h5,8-9,12,17H,4,6-7H2,1-3H3. The molecule has 1 atom stereocenters. The number of pyridine rings is 1. The van der Waals surface area contributed by atoms with Crippen molar-refractivity contribution in [2.45, 2.75) is 39.7 Å². The van der Waals surface area contributed by atoms with Gasteiger partial charge in [0.1, 0.15) is 0 Å². The van der Waals surface area contributed by atoms with Crippen LogP contribution in [-0.4, -0.2) is 21.7 Å². The lowest BCUT2D eigenvalue weighted by molar-refractivity contribution is 0.146. The van der Waals surface area contributed by atoms with E-state index in [4.69, 9.17) is 4.52 Å². The molecule has 1 N–H and O–H groups in total. The van der Waals surface area contributed by atoms with Crippen LogP contribution in [0, 0.1) is 12.3 Å². The summed E-state index contributed by atoms with van der Waals surface area (Å²) in [6.07, 6.45) is 5.92. The van der Waals surface area contributed by atoms with Crippen molar-refractivity contribution < 1.29 is 4.52 Å². The maximum Gasteiger partial charge on any atom is 0.244 e.